The molecule has 24 heavy (non-hydrogen) atoms. The summed E-state index contributed by atoms with van der Waals surface area (Å²) >= 11 is 0. The average Bonchev–Trinajstić information content (AvgIpc) is 3.05. The average molecular weight is 325 g/mol. The fourth-order valence-electron chi connectivity index (χ4n) is 3.89. The Morgan fingerprint density at radius 2 is 2.08 bits per heavy atom. The minimum absolute atomic E-state index is 0.0797. The van der Waals surface area contributed by atoms with Crippen molar-refractivity contribution in [3.8, 4) is 5.75 Å². The maximum absolute atomic E-state index is 6.07. The number of hydrogen-bond acceptors (Lipinski definition) is 5. The summed E-state index contributed by atoms with van der Waals surface area (Å²) in [4.78, 5) is 10.9. The predicted octanol–water partition coefficient (Wildman–Crippen LogP) is 2.54. The summed E-state index contributed by atoms with van der Waals surface area (Å²) in [6.45, 7) is 4.53. The van der Waals surface area contributed by atoms with Crippen molar-refractivity contribution in [2.45, 2.75) is 25.5 Å². The largest absolute Gasteiger partial charge is 0.491 e. The first-order valence-electron chi connectivity index (χ1n) is 8.60. The second kappa shape index (κ2) is 6.87. The van der Waals surface area contributed by atoms with Gasteiger partial charge in [0, 0.05) is 50.2 Å². The van der Waals surface area contributed by atoms with Crippen LogP contribution in [0.15, 0.2) is 49.1 Å². The molecule has 126 valence electrons. The summed E-state index contributed by atoms with van der Waals surface area (Å²) in [5.41, 5.74) is 1.34. The molecule has 2 aromatic heterocycles. The quantitative estimate of drug-likeness (QED) is 0.845. The smallest absolute Gasteiger partial charge is 0.137 e. The van der Waals surface area contributed by atoms with Crippen LogP contribution in [-0.4, -0.2) is 47.3 Å². The van der Waals surface area contributed by atoms with Gasteiger partial charge in [0.2, 0.25) is 0 Å². The lowest BCUT2D eigenvalue weighted by Crippen LogP contribution is -2.52. The predicted molar refractivity (Wildman–Crippen MR) is 90.7 cm³/mol. The Balaban J connectivity index is 1.44. The molecule has 2 atom stereocenters. The molecule has 4 heterocycles. The number of ether oxygens (including phenoxy) is 2. The first kappa shape index (κ1) is 15.5. The monoisotopic (exact) mass is 325 g/mol. The normalized spacial score (nSPS) is 26.9. The fourth-order valence-corrected chi connectivity index (χ4v) is 3.89. The van der Waals surface area contributed by atoms with Crippen molar-refractivity contribution in [1.82, 2.24) is 14.9 Å². The number of fused-ring (bicyclic) bond motifs is 1. The summed E-state index contributed by atoms with van der Waals surface area (Å²) in [7, 11) is 0. The van der Waals surface area contributed by atoms with Crippen molar-refractivity contribution in [2.75, 3.05) is 26.3 Å². The van der Waals surface area contributed by atoms with Gasteiger partial charge in [0.05, 0.1) is 18.9 Å². The first-order chi connectivity index (χ1) is 11.8. The lowest BCUT2D eigenvalue weighted by molar-refractivity contribution is -0.0414. The molecular formula is C19H23N3O2. The van der Waals surface area contributed by atoms with E-state index in [0.717, 1.165) is 44.8 Å². The van der Waals surface area contributed by atoms with Crippen LogP contribution in [0.25, 0.3) is 0 Å². The highest BCUT2D eigenvalue weighted by Gasteiger charge is 2.48. The van der Waals surface area contributed by atoms with E-state index in [1.165, 1.54) is 5.56 Å². The highest BCUT2D eigenvalue weighted by atomic mass is 16.5. The SMILES string of the molecule is c1cncc(CN2CC[C@H]3OCC[C@@]3(COc3cccnc3)C2)c1. The van der Waals surface area contributed by atoms with Gasteiger partial charge < -0.3 is 9.47 Å². The van der Waals surface area contributed by atoms with E-state index < -0.39 is 0 Å². The molecule has 5 heteroatoms. The maximum Gasteiger partial charge on any atom is 0.137 e. The minimum atomic E-state index is 0.0797. The molecule has 2 aliphatic rings. The number of aromatic nitrogens is 2. The Hall–Kier alpha value is -1.98. The van der Waals surface area contributed by atoms with E-state index in [9.17, 15) is 0 Å². The number of rotatable bonds is 5. The Labute approximate surface area is 142 Å². The molecule has 2 aromatic rings. The third kappa shape index (κ3) is 3.28. The van der Waals surface area contributed by atoms with E-state index >= 15 is 0 Å². The molecule has 0 bridgehead atoms. The van der Waals surface area contributed by atoms with Crippen LogP contribution in [0, 0.1) is 5.41 Å². The molecule has 0 amide bonds. The van der Waals surface area contributed by atoms with Crippen LogP contribution in [0.1, 0.15) is 18.4 Å². The molecule has 2 saturated heterocycles. The summed E-state index contributed by atoms with van der Waals surface area (Å²) in [5.74, 6) is 0.835. The van der Waals surface area contributed by atoms with Crippen LogP contribution in [0.4, 0.5) is 0 Å². The highest BCUT2D eigenvalue weighted by Crippen LogP contribution is 2.41. The van der Waals surface area contributed by atoms with Crippen molar-refractivity contribution in [1.29, 1.82) is 0 Å². The van der Waals surface area contributed by atoms with E-state index in [-0.39, 0.29) is 5.41 Å². The molecule has 0 N–H and O–H groups in total. The van der Waals surface area contributed by atoms with Crippen LogP contribution >= 0.6 is 0 Å². The molecule has 2 fully saturated rings. The minimum Gasteiger partial charge on any atom is -0.491 e. The third-order valence-corrected chi connectivity index (χ3v) is 5.14. The zero-order chi connectivity index (χ0) is 16.2. The summed E-state index contributed by atoms with van der Waals surface area (Å²) < 4.78 is 12.1. The van der Waals surface area contributed by atoms with E-state index in [2.05, 4.69) is 20.9 Å². The van der Waals surface area contributed by atoms with Gasteiger partial charge in [-0.05, 0) is 36.6 Å². The van der Waals surface area contributed by atoms with E-state index in [4.69, 9.17) is 9.47 Å². The third-order valence-electron chi connectivity index (χ3n) is 5.14. The molecule has 4 rings (SSSR count). The van der Waals surface area contributed by atoms with Gasteiger partial charge in [-0.1, -0.05) is 6.07 Å². The second-order valence-electron chi connectivity index (χ2n) is 6.81. The number of piperidine rings is 1. The van der Waals surface area contributed by atoms with Crippen LogP contribution in [0.3, 0.4) is 0 Å². The number of likely N-dealkylation sites (tertiary alicyclic amines) is 1. The molecule has 0 radical (unpaired) electrons. The number of pyridine rings is 2. The van der Waals surface area contributed by atoms with Crippen molar-refractivity contribution in [3.05, 3.63) is 54.6 Å². The van der Waals surface area contributed by atoms with Gasteiger partial charge in [0.15, 0.2) is 0 Å². The van der Waals surface area contributed by atoms with E-state index in [0.29, 0.717) is 12.7 Å². The zero-order valence-corrected chi connectivity index (χ0v) is 13.8. The van der Waals surface area contributed by atoms with Gasteiger partial charge in [0.25, 0.3) is 0 Å². The van der Waals surface area contributed by atoms with Crippen LogP contribution in [-0.2, 0) is 11.3 Å². The topological polar surface area (TPSA) is 47.5 Å². The summed E-state index contributed by atoms with van der Waals surface area (Å²) in [6.07, 6.45) is 9.75. The zero-order valence-electron chi connectivity index (χ0n) is 13.8. The van der Waals surface area contributed by atoms with Gasteiger partial charge in [-0.2, -0.15) is 0 Å². The van der Waals surface area contributed by atoms with Gasteiger partial charge >= 0.3 is 0 Å². The lowest BCUT2D eigenvalue weighted by atomic mass is 9.77. The molecule has 0 saturated carbocycles. The maximum atomic E-state index is 6.07. The number of nitrogens with zero attached hydrogens (tertiary/aromatic N) is 3. The van der Waals surface area contributed by atoms with Crippen molar-refractivity contribution < 1.29 is 9.47 Å². The Bertz CT molecular complexity index is 652. The van der Waals surface area contributed by atoms with Crippen molar-refractivity contribution in [3.63, 3.8) is 0 Å². The molecular weight excluding hydrogens is 302 g/mol. The molecule has 2 aliphatic heterocycles. The van der Waals surface area contributed by atoms with Crippen LogP contribution < -0.4 is 4.74 Å². The molecule has 0 aromatic carbocycles. The first-order valence-corrected chi connectivity index (χ1v) is 8.60. The standard InChI is InChI=1S/C19H23N3O2/c1-3-16(11-20-7-1)13-22-9-5-18-19(14-22,6-10-23-18)15-24-17-4-2-8-21-12-17/h1-4,7-8,11-12,18H,5-6,9-10,13-15H2/t18-,19+/m1/s1. The van der Waals surface area contributed by atoms with E-state index in [1.54, 1.807) is 12.4 Å². The lowest BCUT2D eigenvalue weighted by Gasteiger charge is -2.43. The Morgan fingerprint density at radius 3 is 2.88 bits per heavy atom. The van der Waals surface area contributed by atoms with Crippen molar-refractivity contribution in [2.24, 2.45) is 5.41 Å². The summed E-state index contributed by atoms with van der Waals surface area (Å²) in [5, 5.41) is 0. The van der Waals surface area contributed by atoms with Crippen LogP contribution in [0.2, 0.25) is 0 Å². The number of hydrogen-bond donors (Lipinski definition) is 0. The Kier molecular flexibility index (Phi) is 4.45. The molecule has 0 spiro atoms. The molecule has 5 nitrogen and oxygen atoms in total. The van der Waals surface area contributed by atoms with E-state index in [1.807, 2.05) is 30.6 Å². The Morgan fingerprint density at radius 1 is 1.21 bits per heavy atom. The van der Waals surface area contributed by atoms with Gasteiger partial charge in [-0.15, -0.1) is 0 Å². The van der Waals surface area contributed by atoms with Crippen LogP contribution in [0.5, 0.6) is 5.75 Å². The van der Waals surface area contributed by atoms with Crippen molar-refractivity contribution >= 4 is 0 Å². The fraction of sp³-hybridized carbons (Fsp3) is 0.474. The highest BCUT2D eigenvalue weighted by molar-refractivity contribution is 5.16. The molecule has 0 unspecified atom stereocenters. The van der Waals surface area contributed by atoms with Gasteiger partial charge in [0.1, 0.15) is 5.75 Å². The summed E-state index contributed by atoms with van der Waals surface area (Å²) in [6, 6.07) is 8.01. The second-order valence-corrected chi connectivity index (χ2v) is 6.81. The molecule has 0 aliphatic carbocycles. The van der Waals surface area contributed by atoms with Gasteiger partial charge in [-0.3, -0.25) is 14.9 Å². The van der Waals surface area contributed by atoms with Gasteiger partial charge in [-0.25, -0.2) is 0 Å².